The van der Waals surface area contributed by atoms with Crippen LogP contribution in [0, 0.1) is 40.4 Å². The Morgan fingerprint density at radius 2 is 1.43 bits per heavy atom. The van der Waals surface area contributed by atoms with E-state index in [1.54, 1.807) is 36.5 Å². The molecule has 0 radical (unpaired) electrons. The average Bonchev–Trinajstić information content (AvgIpc) is 3.83. The van der Waals surface area contributed by atoms with E-state index < -0.39 is 22.1 Å². The SMILES string of the molecule is NC(Cc1cnc[nH]1)C(=O)O.O=S(=O)(O)C1=C(c2ccccc2)c2cc3ccc(cc4ccc(cc5nc(cc1n2)C=C5)[nH]4)[nH]3.[Sm]. The van der Waals surface area contributed by atoms with Gasteiger partial charge in [0, 0.05) is 86.3 Å². The van der Waals surface area contributed by atoms with Crippen LogP contribution in [-0.2, 0) is 21.3 Å². The molecule has 7 N–H and O–H groups in total. The Morgan fingerprint density at radius 3 is 2.02 bits per heavy atom. The second-order valence-corrected chi connectivity index (χ2v) is 11.6. The molecule has 46 heavy (non-hydrogen) atoms. The molecule has 0 aliphatic carbocycles. The molecule has 0 saturated carbocycles. The van der Waals surface area contributed by atoms with Crippen LogP contribution in [0.2, 0.25) is 0 Å². The second-order valence-electron chi connectivity index (χ2n) is 10.3. The van der Waals surface area contributed by atoms with E-state index in [9.17, 15) is 17.8 Å². The van der Waals surface area contributed by atoms with E-state index in [-0.39, 0.29) is 57.4 Å². The third-order valence-electron chi connectivity index (χ3n) is 6.93. The van der Waals surface area contributed by atoms with Gasteiger partial charge >= 0.3 is 5.97 Å². The standard InChI is InChI=1S/C26H18N4O3S.C6H9N3O2.Sm/c31-34(32,33)26-24-15-22-11-9-20(29-22)13-18-7-6-17(27-18)12-19-8-10-21(28-19)14-23(30-24)25(26)16-4-2-1-3-5-16;7-5(6(10)11)1-4-2-8-3-9-4;/h1-15,27-28H,(H,31,32,33);2-3,5H,1,7H2,(H,8,9)(H,10,11);. The van der Waals surface area contributed by atoms with Gasteiger partial charge in [-0.05, 0) is 66.2 Å². The first-order valence-corrected chi connectivity index (χ1v) is 15.2. The van der Waals surface area contributed by atoms with Crippen molar-refractivity contribution in [1.82, 2.24) is 29.9 Å². The van der Waals surface area contributed by atoms with Crippen molar-refractivity contribution in [2.24, 2.45) is 5.73 Å². The quantitative estimate of drug-likeness (QED) is 0.135. The Morgan fingerprint density at radius 1 is 0.826 bits per heavy atom. The van der Waals surface area contributed by atoms with Gasteiger partial charge in [-0.2, -0.15) is 8.42 Å². The van der Waals surface area contributed by atoms with Gasteiger partial charge in [0.15, 0.2) is 0 Å². The Bertz CT molecular complexity index is 2230. The van der Waals surface area contributed by atoms with Crippen molar-refractivity contribution in [2.45, 2.75) is 12.5 Å². The van der Waals surface area contributed by atoms with Crippen molar-refractivity contribution in [3.63, 3.8) is 0 Å². The summed E-state index contributed by atoms with van der Waals surface area (Å²) in [7, 11) is -4.60. The number of aliphatic carboxylic acids is 1. The molecule has 0 saturated heterocycles. The molecule has 0 fully saturated rings. The minimum atomic E-state index is -4.60. The Hall–Kier alpha value is -4.29. The topological polar surface area (TPSA) is 204 Å². The van der Waals surface area contributed by atoms with E-state index in [2.05, 4.69) is 29.9 Å². The van der Waals surface area contributed by atoms with Crippen molar-refractivity contribution >= 4 is 60.8 Å². The Kier molecular flexibility index (Phi) is 10.1. The summed E-state index contributed by atoms with van der Waals surface area (Å²) in [5.74, 6) is -1.00. The molecule has 232 valence electrons. The van der Waals surface area contributed by atoms with Crippen LogP contribution in [0.1, 0.15) is 34.0 Å². The van der Waals surface area contributed by atoms with Gasteiger partial charge in [-0.25, -0.2) is 15.0 Å². The van der Waals surface area contributed by atoms with Gasteiger partial charge in [0.25, 0.3) is 10.1 Å². The minimum Gasteiger partial charge on any atom is -0.480 e. The van der Waals surface area contributed by atoms with Crippen LogP contribution in [0.4, 0.5) is 0 Å². The number of hydrogen-bond donors (Lipinski definition) is 6. The van der Waals surface area contributed by atoms with Crippen molar-refractivity contribution in [3.05, 3.63) is 125 Å². The number of nitrogens with zero attached hydrogens (tertiary/aromatic N) is 3. The van der Waals surface area contributed by atoms with Gasteiger partial charge < -0.3 is 25.8 Å². The molecule has 12 nitrogen and oxygen atoms in total. The molecule has 6 heterocycles. The van der Waals surface area contributed by atoms with Gasteiger partial charge in [-0.1, -0.05) is 30.3 Å². The molecule has 7 rings (SSSR count). The first-order valence-electron chi connectivity index (χ1n) is 13.7. The minimum absolute atomic E-state index is 0. The van der Waals surface area contributed by atoms with Crippen LogP contribution in [0.25, 0.3) is 44.7 Å². The largest absolute Gasteiger partial charge is 0.480 e. The average molecular weight is 772 g/mol. The smallest absolute Gasteiger partial charge is 0.320 e. The molecule has 5 aromatic rings. The predicted molar refractivity (Wildman–Crippen MR) is 172 cm³/mol. The molecule has 2 aliphatic heterocycles. The maximum Gasteiger partial charge on any atom is 0.320 e. The fourth-order valence-corrected chi connectivity index (χ4v) is 5.76. The first kappa shape index (κ1) is 33.1. The predicted octanol–water partition coefficient (Wildman–Crippen LogP) is 4.65. The van der Waals surface area contributed by atoms with Crippen LogP contribution in [0.15, 0.2) is 91.4 Å². The number of rotatable bonds is 5. The molecule has 2 aliphatic rings. The van der Waals surface area contributed by atoms with E-state index >= 15 is 0 Å². The number of H-pyrrole nitrogens is 3. The summed E-state index contributed by atoms with van der Waals surface area (Å²) in [6.07, 6.45) is 6.96. The molecule has 1 aromatic carbocycles. The number of aromatic nitrogens is 6. The van der Waals surface area contributed by atoms with Gasteiger partial charge in [-0.3, -0.25) is 9.35 Å². The summed E-state index contributed by atoms with van der Waals surface area (Å²) in [6.45, 7) is 0. The maximum absolute atomic E-state index is 12.6. The van der Waals surface area contributed by atoms with Crippen molar-refractivity contribution in [1.29, 1.82) is 0 Å². The molecule has 0 amide bonds. The number of fused-ring (bicyclic) bond motifs is 8. The molecular formula is C32H27N7O5SSm. The normalized spacial score (nSPS) is 13.0. The number of nitrogens with one attached hydrogen (secondary N) is 3. The number of carboxylic acid groups (broad SMARTS) is 1. The summed E-state index contributed by atoms with van der Waals surface area (Å²) in [5.41, 5.74) is 12.2. The molecule has 0 spiro atoms. The summed E-state index contributed by atoms with van der Waals surface area (Å²) in [5, 5.41) is 8.42. The Labute approximate surface area is 295 Å². The van der Waals surface area contributed by atoms with Crippen molar-refractivity contribution in [3.8, 4) is 0 Å². The van der Waals surface area contributed by atoms with Gasteiger partial charge in [0.2, 0.25) is 0 Å². The molecule has 1 atom stereocenters. The Balaban J connectivity index is 0.000000297. The zero-order valence-corrected chi connectivity index (χ0v) is 27.4. The monoisotopic (exact) mass is 773 g/mol. The van der Waals surface area contributed by atoms with Crippen LogP contribution < -0.4 is 5.73 Å². The number of nitrogens with two attached hydrogens (primary N) is 1. The van der Waals surface area contributed by atoms with Gasteiger partial charge in [-0.15, -0.1) is 0 Å². The number of carboxylic acids is 1. The fourth-order valence-electron chi connectivity index (χ4n) is 4.91. The zero-order valence-electron chi connectivity index (χ0n) is 24.0. The van der Waals surface area contributed by atoms with Gasteiger partial charge in [0.1, 0.15) is 10.9 Å². The van der Waals surface area contributed by atoms with Crippen molar-refractivity contribution in [2.75, 3.05) is 0 Å². The molecule has 14 heteroatoms. The number of imidazole rings is 1. The molecule has 4 aromatic heterocycles. The van der Waals surface area contributed by atoms with Crippen LogP contribution in [-0.4, -0.2) is 60.0 Å². The first-order chi connectivity index (χ1) is 21.6. The van der Waals surface area contributed by atoms with E-state index in [4.69, 9.17) is 10.8 Å². The van der Waals surface area contributed by atoms with Crippen LogP contribution in [0.5, 0.6) is 0 Å². The van der Waals surface area contributed by atoms with E-state index in [0.29, 0.717) is 28.2 Å². The summed E-state index contributed by atoms with van der Waals surface area (Å²) >= 11 is 0. The number of aromatic amines is 3. The molecule has 8 bridgehead atoms. The third-order valence-corrected chi connectivity index (χ3v) is 7.85. The van der Waals surface area contributed by atoms with Crippen molar-refractivity contribution < 1.29 is 63.3 Å². The third kappa shape index (κ3) is 7.73. The van der Waals surface area contributed by atoms with Crippen LogP contribution in [0.3, 0.4) is 0 Å². The molecule has 1 unspecified atom stereocenters. The molecular weight excluding hydrogens is 745 g/mol. The van der Waals surface area contributed by atoms with E-state index in [1.165, 1.54) is 6.33 Å². The summed E-state index contributed by atoms with van der Waals surface area (Å²) in [6, 6.07) is 23.2. The van der Waals surface area contributed by atoms with Gasteiger partial charge in [0.05, 0.1) is 29.1 Å². The summed E-state index contributed by atoms with van der Waals surface area (Å²) < 4.78 is 35.4. The fraction of sp³-hybridized carbons (Fsp3) is 0.0625. The number of hydrogen-bond acceptors (Lipinski definition) is 7. The van der Waals surface area contributed by atoms with E-state index in [0.717, 1.165) is 27.8 Å². The van der Waals surface area contributed by atoms with Crippen LogP contribution >= 0.6 is 0 Å². The maximum atomic E-state index is 12.6. The van der Waals surface area contributed by atoms with E-state index in [1.807, 2.05) is 60.7 Å². The number of benzene rings is 1. The second kappa shape index (κ2) is 14.0. The summed E-state index contributed by atoms with van der Waals surface area (Å²) in [4.78, 5) is 32.4. The zero-order chi connectivity index (χ0) is 31.6. The number of carbonyl (C=O) groups is 1.